The van der Waals surface area contributed by atoms with Gasteiger partial charge < -0.3 is 18.7 Å². The van der Waals surface area contributed by atoms with Crippen LogP contribution in [0.25, 0.3) is 23.0 Å². The van der Waals surface area contributed by atoms with Gasteiger partial charge in [0.15, 0.2) is 6.29 Å². The van der Waals surface area contributed by atoms with Crippen molar-refractivity contribution in [3.05, 3.63) is 48.2 Å². The van der Waals surface area contributed by atoms with Crippen LogP contribution in [-0.2, 0) is 9.47 Å². The minimum atomic E-state index is -0.552. The summed E-state index contributed by atoms with van der Waals surface area (Å²) >= 11 is 0. The number of hydrogen-bond donors (Lipinski definition) is 0. The van der Waals surface area contributed by atoms with E-state index in [1.165, 1.54) is 0 Å². The van der Waals surface area contributed by atoms with Crippen molar-refractivity contribution in [2.75, 3.05) is 13.7 Å². The SMILES string of the molecule is COC(COc1cc(C#N)cc(-c2nc(-c3ccccn3)no2)c1)OC(C)(C)C. The molecule has 8 heteroatoms. The summed E-state index contributed by atoms with van der Waals surface area (Å²) in [6.07, 6.45) is 1.10. The summed E-state index contributed by atoms with van der Waals surface area (Å²) in [6, 6.07) is 12.6. The number of benzene rings is 1. The van der Waals surface area contributed by atoms with E-state index in [2.05, 4.69) is 21.2 Å². The lowest BCUT2D eigenvalue weighted by Crippen LogP contribution is -2.33. The molecule has 150 valence electrons. The highest BCUT2D eigenvalue weighted by atomic mass is 16.7. The Kier molecular flexibility index (Phi) is 6.22. The molecule has 1 aromatic carbocycles. The zero-order valence-electron chi connectivity index (χ0n) is 16.7. The summed E-state index contributed by atoms with van der Waals surface area (Å²) in [5, 5.41) is 13.3. The predicted octanol–water partition coefficient (Wildman–Crippen LogP) is 3.84. The van der Waals surface area contributed by atoms with Crippen molar-refractivity contribution >= 4 is 0 Å². The van der Waals surface area contributed by atoms with Crippen LogP contribution in [0.2, 0.25) is 0 Å². The molecule has 0 N–H and O–H groups in total. The highest BCUT2D eigenvalue weighted by Gasteiger charge is 2.20. The molecule has 3 aromatic rings. The minimum absolute atomic E-state index is 0.158. The van der Waals surface area contributed by atoms with E-state index in [0.29, 0.717) is 28.4 Å². The standard InChI is InChI=1S/C21H22N4O4/c1-21(2,3)28-18(26-4)13-27-16-10-14(12-22)9-15(11-16)20-24-19(25-29-20)17-7-5-6-8-23-17/h5-11,18H,13H2,1-4H3. The van der Waals surface area contributed by atoms with Gasteiger partial charge in [-0.2, -0.15) is 10.2 Å². The lowest BCUT2D eigenvalue weighted by molar-refractivity contribution is -0.194. The van der Waals surface area contributed by atoms with Gasteiger partial charge in [0.1, 0.15) is 18.1 Å². The molecule has 0 fully saturated rings. The summed E-state index contributed by atoms with van der Waals surface area (Å²) in [4.78, 5) is 8.58. The van der Waals surface area contributed by atoms with Crippen LogP contribution in [0, 0.1) is 11.3 Å². The molecule has 1 unspecified atom stereocenters. The molecule has 0 aliphatic heterocycles. The number of methoxy groups -OCH3 is 1. The molecule has 0 radical (unpaired) electrons. The van der Waals surface area contributed by atoms with Gasteiger partial charge >= 0.3 is 0 Å². The zero-order valence-corrected chi connectivity index (χ0v) is 16.7. The van der Waals surface area contributed by atoms with Crippen LogP contribution in [0.5, 0.6) is 5.75 Å². The average molecular weight is 394 g/mol. The molecule has 0 aliphatic rings. The van der Waals surface area contributed by atoms with E-state index in [1.54, 1.807) is 43.6 Å². The summed E-state index contributed by atoms with van der Waals surface area (Å²) in [5.74, 6) is 1.10. The lowest BCUT2D eigenvalue weighted by atomic mass is 10.1. The van der Waals surface area contributed by atoms with Gasteiger partial charge in [0.05, 0.1) is 17.2 Å². The van der Waals surface area contributed by atoms with Gasteiger partial charge in [0, 0.05) is 18.9 Å². The molecule has 0 bridgehead atoms. The first-order valence-corrected chi connectivity index (χ1v) is 9.02. The molecule has 1 atom stereocenters. The van der Waals surface area contributed by atoms with Crippen LogP contribution in [0.3, 0.4) is 0 Å². The van der Waals surface area contributed by atoms with E-state index in [9.17, 15) is 5.26 Å². The fraction of sp³-hybridized carbons (Fsp3) is 0.333. The zero-order chi connectivity index (χ0) is 20.9. The summed E-state index contributed by atoms with van der Waals surface area (Å²) in [7, 11) is 1.55. The van der Waals surface area contributed by atoms with Gasteiger partial charge in [-0.1, -0.05) is 11.2 Å². The van der Waals surface area contributed by atoms with Crippen LogP contribution in [0.15, 0.2) is 47.1 Å². The Morgan fingerprint density at radius 2 is 2.03 bits per heavy atom. The van der Waals surface area contributed by atoms with Gasteiger partial charge in [0.25, 0.3) is 5.89 Å². The fourth-order valence-corrected chi connectivity index (χ4v) is 2.52. The summed E-state index contributed by atoms with van der Waals surface area (Å²) in [5.41, 5.74) is 1.19. The van der Waals surface area contributed by atoms with Gasteiger partial charge in [-0.3, -0.25) is 4.98 Å². The number of nitrogens with zero attached hydrogens (tertiary/aromatic N) is 4. The second kappa shape index (κ2) is 8.82. The van der Waals surface area contributed by atoms with Crippen molar-refractivity contribution in [2.24, 2.45) is 0 Å². The molecule has 0 amide bonds. The van der Waals surface area contributed by atoms with Crippen molar-refractivity contribution in [2.45, 2.75) is 32.7 Å². The highest BCUT2D eigenvalue weighted by molar-refractivity contribution is 5.61. The molecule has 3 rings (SSSR count). The number of rotatable bonds is 7. The average Bonchev–Trinajstić information content (AvgIpc) is 3.21. The summed E-state index contributed by atoms with van der Waals surface area (Å²) in [6.45, 7) is 5.96. The van der Waals surface area contributed by atoms with E-state index in [-0.39, 0.29) is 18.1 Å². The second-order valence-electron chi connectivity index (χ2n) is 7.20. The first-order valence-electron chi connectivity index (χ1n) is 9.02. The molecule has 2 aromatic heterocycles. The van der Waals surface area contributed by atoms with E-state index in [4.69, 9.17) is 18.7 Å². The molecule has 8 nitrogen and oxygen atoms in total. The Labute approximate surface area is 169 Å². The maximum absolute atomic E-state index is 9.36. The molecule has 29 heavy (non-hydrogen) atoms. The third-order valence-corrected chi connectivity index (χ3v) is 3.74. The largest absolute Gasteiger partial charge is 0.488 e. The third kappa shape index (κ3) is 5.60. The molecule has 0 spiro atoms. The van der Waals surface area contributed by atoms with Crippen molar-refractivity contribution in [3.8, 4) is 34.8 Å². The van der Waals surface area contributed by atoms with Crippen molar-refractivity contribution < 1.29 is 18.7 Å². The fourth-order valence-electron chi connectivity index (χ4n) is 2.52. The Morgan fingerprint density at radius 1 is 1.21 bits per heavy atom. The third-order valence-electron chi connectivity index (χ3n) is 3.74. The van der Waals surface area contributed by atoms with Gasteiger partial charge in [-0.15, -0.1) is 0 Å². The molecule has 2 heterocycles. The van der Waals surface area contributed by atoms with Gasteiger partial charge in [-0.25, -0.2) is 0 Å². The first-order chi connectivity index (χ1) is 13.9. The Balaban J connectivity index is 1.81. The number of nitriles is 1. The smallest absolute Gasteiger partial charge is 0.258 e. The van der Waals surface area contributed by atoms with E-state index < -0.39 is 6.29 Å². The highest BCUT2D eigenvalue weighted by Crippen LogP contribution is 2.27. The lowest BCUT2D eigenvalue weighted by Gasteiger charge is -2.26. The number of pyridine rings is 1. The molecular weight excluding hydrogens is 372 g/mol. The normalized spacial score (nSPS) is 12.4. The second-order valence-corrected chi connectivity index (χ2v) is 7.20. The summed E-state index contributed by atoms with van der Waals surface area (Å²) < 4.78 is 22.2. The maximum atomic E-state index is 9.36. The predicted molar refractivity (Wildman–Crippen MR) is 105 cm³/mol. The van der Waals surface area contributed by atoms with Gasteiger partial charge in [-0.05, 0) is 51.1 Å². The van der Waals surface area contributed by atoms with Crippen molar-refractivity contribution in [1.82, 2.24) is 15.1 Å². The monoisotopic (exact) mass is 394 g/mol. The van der Waals surface area contributed by atoms with Crippen LogP contribution >= 0.6 is 0 Å². The minimum Gasteiger partial charge on any atom is -0.488 e. The quantitative estimate of drug-likeness (QED) is 0.557. The molecule has 0 saturated carbocycles. The Hall–Kier alpha value is -3.28. The number of hydrogen-bond acceptors (Lipinski definition) is 8. The number of ether oxygens (including phenoxy) is 3. The van der Waals surface area contributed by atoms with Crippen LogP contribution in [0.4, 0.5) is 0 Å². The first kappa shape index (κ1) is 20.5. The Bertz CT molecular complexity index is 990. The molecule has 0 saturated heterocycles. The molecule has 0 aliphatic carbocycles. The van der Waals surface area contributed by atoms with Crippen LogP contribution in [0.1, 0.15) is 26.3 Å². The van der Waals surface area contributed by atoms with E-state index >= 15 is 0 Å². The van der Waals surface area contributed by atoms with Crippen molar-refractivity contribution in [1.29, 1.82) is 5.26 Å². The van der Waals surface area contributed by atoms with Crippen LogP contribution < -0.4 is 4.74 Å². The van der Waals surface area contributed by atoms with E-state index in [1.807, 2.05) is 26.8 Å². The maximum Gasteiger partial charge on any atom is 0.258 e. The Morgan fingerprint density at radius 3 is 2.69 bits per heavy atom. The number of aromatic nitrogens is 3. The van der Waals surface area contributed by atoms with Crippen molar-refractivity contribution in [3.63, 3.8) is 0 Å². The topological polar surface area (TPSA) is 103 Å². The van der Waals surface area contributed by atoms with Crippen LogP contribution in [-0.4, -0.2) is 40.7 Å². The van der Waals surface area contributed by atoms with Gasteiger partial charge in [0.2, 0.25) is 5.82 Å². The van der Waals surface area contributed by atoms with E-state index in [0.717, 1.165) is 0 Å². The molecular formula is C21H22N4O4.